The summed E-state index contributed by atoms with van der Waals surface area (Å²) in [5.74, 6) is 0.509. The minimum atomic E-state index is -0.921. The van der Waals surface area contributed by atoms with E-state index in [2.05, 4.69) is 0 Å². The molecule has 0 saturated carbocycles. The van der Waals surface area contributed by atoms with E-state index in [1.807, 2.05) is 30.3 Å². The summed E-state index contributed by atoms with van der Waals surface area (Å²) >= 11 is 7.45. The molecule has 0 aliphatic carbocycles. The third kappa shape index (κ3) is 6.74. The number of hydrogen-bond donors (Lipinski definition) is 0. The van der Waals surface area contributed by atoms with Crippen molar-refractivity contribution in [1.82, 2.24) is 4.57 Å². The van der Waals surface area contributed by atoms with Gasteiger partial charge in [0.25, 0.3) is 5.56 Å². The molecular weight excluding hydrogens is 680 g/mol. The van der Waals surface area contributed by atoms with Gasteiger partial charge in [-0.05, 0) is 68.8 Å². The van der Waals surface area contributed by atoms with E-state index in [4.69, 9.17) is 40.0 Å². The molecule has 12 heteroatoms. The lowest BCUT2D eigenvalue weighted by atomic mass is 9.93. The molecule has 50 heavy (non-hydrogen) atoms. The van der Waals surface area contributed by atoms with E-state index in [-0.39, 0.29) is 18.3 Å². The number of halogens is 1. The highest BCUT2D eigenvalue weighted by atomic mass is 35.5. The monoisotopic (exact) mass is 712 g/mol. The quantitative estimate of drug-likeness (QED) is 0.152. The lowest BCUT2D eigenvalue weighted by Crippen LogP contribution is -2.40. The van der Waals surface area contributed by atoms with Gasteiger partial charge in [-0.3, -0.25) is 9.36 Å². The van der Waals surface area contributed by atoms with Crippen molar-refractivity contribution >= 4 is 46.6 Å². The Kier molecular flexibility index (Phi) is 10.1. The van der Waals surface area contributed by atoms with Crippen molar-refractivity contribution in [3.63, 3.8) is 0 Å². The Morgan fingerprint density at radius 1 is 0.980 bits per heavy atom. The molecule has 0 amide bonds. The molecule has 1 atom stereocenters. The first-order chi connectivity index (χ1) is 24.1. The van der Waals surface area contributed by atoms with Gasteiger partial charge in [-0.15, -0.1) is 0 Å². The molecule has 6 rings (SSSR count). The number of carbonyl (C=O) groups excluding carboxylic acids is 2. The van der Waals surface area contributed by atoms with Crippen molar-refractivity contribution in [2.75, 3.05) is 20.8 Å². The second kappa shape index (κ2) is 14.6. The number of nitrogens with zero attached hydrogens (tertiary/aromatic N) is 2. The Labute approximate surface area is 296 Å². The number of carbonyl (C=O) groups is 2. The molecule has 1 aliphatic rings. The predicted molar refractivity (Wildman–Crippen MR) is 190 cm³/mol. The third-order valence-corrected chi connectivity index (χ3v) is 9.02. The Hall–Kier alpha value is -5.39. The largest absolute Gasteiger partial charge is 0.493 e. The zero-order valence-electron chi connectivity index (χ0n) is 27.9. The van der Waals surface area contributed by atoms with Crippen LogP contribution in [0, 0.1) is 0 Å². The smallest absolute Gasteiger partial charge is 0.339 e. The molecule has 2 aromatic heterocycles. The summed E-state index contributed by atoms with van der Waals surface area (Å²) in [6.07, 6.45) is 1.28. The Morgan fingerprint density at radius 2 is 1.74 bits per heavy atom. The average Bonchev–Trinajstić information content (AvgIpc) is 3.71. The normalized spacial score (nSPS) is 14.3. The van der Waals surface area contributed by atoms with Crippen LogP contribution >= 0.6 is 22.9 Å². The van der Waals surface area contributed by atoms with E-state index >= 15 is 0 Å². The highest BCUT2D eigenvalue weighted by molar-refractivity contribution is 7.07. The first-order valence-corrected chi connectivity index (χ1v) is 16.9. The molecule has 0 N–H and O–H groups in total. The lowest BCUT2D eigenvalue weighted by molar-refractivity contribution is -0.138. The molecule has 3 aromatic carbocycles. The van der Waals surface area contributed by atoms with Gasteiger partial charge in [0.15, 0.2) is 16.3 Å². The van der Waals surface area contributed by atoms with Crippen LogP contribution in [-0.2, 0) is 14.3 Å². The van der Waals surface area contributed by atoms with Gasteiger partial charge in [-0.2, -0.15) is 0 Å². The molecule has 0 unspecified atom stereocenters. The molecular formula is C38H33ClN2O8S. The van der Waals surface area contributed by atoms with Gasteiger partial charge >= 0.3 is 11.9 Å². The fourth-order valence-electron chi connectivity index (χ4n) is 5.66. The first kappa shape index (κ1) is 34.5. The number of rotatable bonds is 10. The molecule has 10 nitrogen and oxygen atoms in total. The molecule has 0 saturated heterocycles. The van der Waals surface area contributed by atoms with Gasteiger partial charge in [-0.1, -0.05) is 59.3 Å². The van der Waals surface area contributed by atoms with Crippen LogP contribution in [0.25, 0.3) is 23.1 Å². The van der Waals surface area contributed by atoms with Crippen molar-refractivity contribution in [1.29, 1.82) is 0 Å². The fourth-order valence-corrected chi connectivity index (χ4v) is 6.81. The fraction of sp³-hybridized carbons (Fsp3) is 0.211. The molecule has 256 valence electrons. The SMILES string of the molecule is CCOC(=O)C1=C(c2ccccc2)N=c2s/c(=C/c3ccc(-c4cc(Cl)ccc4C(=O)OC(C)C)o3)c(=O)n2[C@H]1c1ccc(OC)c(OC)c1. The first-order valence-electron chi connectivity index (χ1n) is 15.7. The highest BCUT2D eigenvalue weighted by Gasteiger charge is 2.35. The van der Waals surface area contributed by atoms with Gasteiger partial charge in [0, 0.05) is 22.2 Å². The topological polar surface area (TPSA) is 119 Å². The molecule has 0 spiro atoms. The van der Waals surface area contributed by atoms with E-state index < -0.39 is 23.5 Å². The van der Waals surface area contributed by atoms with Crippen LogP contribution in [0.15, 0.2) is 98.6 Å². The van der Waals surface area contributed by atoms with Gasteiger partial charge in [0.1, 0.15) is 11.5 Å². The van der Waals surface area contributed by atoms with Gasteiger partial charge in [0.05, 0.1) is 54.3 Å². The molecule has 3 heterocycles. The molecule has 1 aliphatic heterocycles. The van der Waals surface area contributed by atoms with Crippen LogP contribution in [0.3, 0.4) is 0 Å². The highest BCUT2D eigenvalue weighted by Crippen LogP contribution is 2.38. The van der Waals surface area contributed by atoms with Crippen molar-refractivity contribution in [3.05, 3.63) is 132 Å². The summed E-state index contributed by atoms with van der Waals surface area (Å²) in [7, 11) is 3.05. The number of ether oxygens (including phenoxy) is 4. The van der Waals surface area contributed by atoms with Gasteiger partial charge in [0.2, 0.25) is 0 Å². The number of esters is 2. The second-order valence-corrected chi connectivity index (χ2v) is 12.8. The summed E-state index contributed by atoms with van der Waals surface area (Å²) in [6.45, 7) is 5.38. The zero-order chi connectivity index (χ0) is 35.5. The van der Waals surface area contributed by atoms with Crippen LogP contribution in [-0.4, -0.2) is 43.4 Å². The number of aromatic nitrogens is 1. The van der Waals surface area contributed by atoms with Crippen molar-refractivity contribution < 1.29 is 33.0 Å². The predicted octanol–water partition coefficient (Wildman–Crippen LogP) is 6.43. The number of furan rings is 1. The molecule has 0 fully saturated rings. The van der Waals surface area contributed by atoms with E-state index in [0.29, 0.717) is 65.3 Å². The standard InChI is InChI=1S/C38H33ClN2O8S/c1-6-47-37(44)32-33(22-10-8-7-9-11-22)40-38-41(34(32)23-12-16-29(45-4)30(18-23)46-5)35(42)31(50-38)20-25-14-17-28(49-25)27-19-24(39)13-15-26(27)36(43)48-21(2)3/h7-21,34H,6H2,1-5H3/b31-20+/t34-/m0/s1. The van der Waals surface area contributed by atoms with Crippen molar-refractivity contribution in [2.45, 2.75) is 32.9 Å². The zero-order valence-corrected chi connectivity index (χ0v) is 29.5. The number of thiazole rings is 1. The van der Waals surface area contributed by atoms with Crippen LogP contribution in [0.1, 0.15) is 54.1 Å². The van der Waals surface area contributed by atoms with Crippen molar-refractivity contribution in [3.8, 4) is 22.8 Å². The number of hydrogen-bond acceptors (Lipinski definition) is 10. The maximum absolute atomic E-state index is 14.3. The summed E-state index contributed by atoms with van der Waals surface area (Å²) in [5, 5.41) is 0.411. The summed E-state index contributed by atoms with van der Waals surface area (Å²) < 4.78 is 30.0. The van der Waals surface area contributed by atoms with E-state index in [1.165, 1.54) is 18.8 Å². The van der Waals surface area contributed by atoms with Crippen LogP contribution in [0.5, 0.6) is 11.5 Å². The number of benzene rings is 3. The summed E-state index contributed by atoms with van der Waals surface area (Å²) in [6, 6.07) is 21.8. The number of fused-ring (bicyclic) bond motifs is 1. The Bertz CT molecular complexity index is 2300. The summed E-state index contributed by atoms with van der Waals surface area (Å²) in [5.41, 5.74) is 2.20. The van der Waals surface area contributed by atoms with Gasteiger partial charge in [-0.25, -0.2) is 14.6 Å². The van der Waals surface area contributed by atoms with Crippen LogP contribution in [0.2, 0.25) is 5.02 Å². The van der Waals surface area contributed by atoms with Crippen LogP contribution in [0.4, 0.5) is 0 Å². The minimum Gasteiger partial charge on any atom is -0.493 e. The van der Waals surface area contributed by atoms with Crippen molar-refractivity contribution in [2.24, 2.45) is 4.99 Å². The molecule has 5 aromatic rings. The van der Waals surface area contributed by atoms with E-state index in [1.54, 1.807) is 75.4 Å². The third-order valence-electron chi connectivity index (χ3n) is 7.81. The minimum absolute atomic E-state index is 0.123. The Balaban J connectivity index is 1.54. The lowest BCUT2D eigenvalue weighted by Gasteiger charge is -2.26. The average molecular weight is 713 g/mol. The maximum Gasteiger partial charge on any atom is 0.339 e. The Morgan fingerprint density at radius 3 is 2.44 bits per heavy atom. The van der Waals surface area contributed by atoms with E-state index in [0.717, 1.165) is 11.3 Å². The summed E-state index contributed by atoms with van der Waals surface area (Å²) in [4.78, 5) is 46.2. The molecule has 0 radical (unpaired) electrons. The van der Waals surface area contributed by atoms with E-state index in [9.17, 15) is 14.4 Å². The second-order valence-electron chi connectivity index (χ2n) is 11.4. The maximum atomic E-state index is 14.3. The van der Waals surface area contributed by atoms with Crippen LogP contribution < -0.4 is 24.4 Å². The molecule has 0 bridgehead atoms. The van der Waals surface area contributed by atoms with Gasteiger partial charge < -0.3 is 23.4 Å². The number of methoxy groups -OCH3 is 2.